The summed E-state index contributed by atoms with van der Waals surface area (Å²) >= 11 is 0. The van der Waals surface area contributed by atoms with Crippen LogP contribution >= 0.6 is 0 Å². The van der Waals surface area contributed by atoms with Gasteiger partial charge in [0.15, 0.2) is 11.5 Å². The molecule has 138 valence electrons. The van der Waals surface area contributed by atoms with Crippen molar-refractivity contribution in [1.82, 2.24) is 10.3 Å². The van der Waals surface area contributed by atoms with Gasteiger partial charge in [0.25, 0.3) is 0 Å². The van der Waals surface area contributed by atoms with Crippen molar-refractivity contribution in [2.24, 2.45) is 0 Å². The summed E-state index contributed by atoms with van der Waals surface area (Å²) in [6, 6.07) is 2.66. The third-order valence-corrected chi connectivity index (χ3v) is 4.66. The lowest BCUT2D eigenvalue weighted by Crippen LogP contribution is -2.41. The maximum absolute atomic E-state index is 13.4. The van der Waals surface area contributed by atoms with Crippen molar-refractivity contribution in [2.45, 2.75) is 70.3 Å². The Morgan fingerprint density at radius 1 is 1.28 bits per heavy atom. The van der Waals surface area contributed by atoms with E-state index in [1.807, 2.05) is 13.8 Å². The summed E-state index contributed by atoms with van der Waals surface area (Å²) in [6.07, 6.45) is -1.39. The van der Waals surface area contributed by atoms with Crippen LogP contribution in [0.1, 0.15) is 62.5 Å². The van der Waals surface area contributed by atoms with E-state index in [2.05, 4.69) is 10.3 Å². The molecule has 1 heterocycles. The molecule has 2 N–H and O–H groups in total. The number of aliphatic hydroxyl groups excluding tert-OH is 1. The van der Waals surface area contributed by atoms with Gasteiger partial charge in [-0.05, 0) is 30.5 Å². The Bertz CT molecular complexity index is 740. The average molecular weight is 356 g/mol. The molecule has 1 aromatic carbocycles. The summed E-state index contributed by atoms with van der Waals surface area (Å²) in [5, 5.41) is 13.2. The van der Waals surface area contributed by atoms with Crippen molar-refractivity contribution in [3.63, 3.8) is 0 Å². The minimum Gasteiger partial charge on any atom is -0.440 e. The number of hydrogen-bond acceptors (Lipinski definition) is 4. The van der Waals surface area contributed by atoms with Crippen LogP contribution in [0, 0.1) is 0 Å². The van der Waals surface area contributed by atoms with Gasteiger partial charge in [0.1, 0.15) is 11.1 Å². The first-order valence-electron chi connectivity index (χ1n) is 8.67. The van der Waals surface area contributed by atoms with Crippen LogP contribution in [-0.4, -0.2) is 22.2 Å². The van der Waals surface area contributed by atoms with Crippen LogP contribution in [0.15, 0.2) is 16.5 Å². The normalized spacial score (nSPS) is 22.0. The fraction of sp³-hybridized carbons (Fsp3) is 0.611. The maximum Gasteiger partial charge on any atom is 0.420 e. The van der Waals surface area contributed by atoms with Gasteiger partial charge in [0.05, 0.1) is 6.10 Å². The number of benzene rings is 1. The first-order chi connectivity index (χ1) is 11.8. The molecule has 1 saturated carbocycles. The largest absolute Gasteiger partial charge is 0.440 e. The lowest BCUT2D eigenvalue weighted by molar-refractivity contribution is -0.136. The Hall–Kier alpha value is -1.60. The second kappa shape index (κ2) is 6.96. The molecule has 0 amide bonds. The van der Waals surface area contributed by atoms with Crippen LogP contribution in [0.4, 0.5) is 13.2 Å². The highest BCUT2D eigenvalue weighted by molar-refractivity contribution is 5.78. The zero-order chi connectivity index (χ0) is 18.2. The molecule has 2 aromatic rings. The number of nitrogens with one attached hydrogen (secondary N) is 1. The second-order valence-corrected chi connectivity index (χ2v) is 7.04. The van der Waals surface area contributed by atoms with Gasteiger partial charge in [0.2, 0.25) is 0 Å². The quantitative estimate of drug-likeness (QED) is 0.854. The van der Waals surface area contributed by atoms with Crippen molar-refractivity contribution in [2.75, 3.05) is 0 Å². The van der Waals surface area contributed by atoms with Crippen LogP contribution in [0.2, 0.25) is 0 Å². The molecule has 1 aliphatic carbocycles. The van der Waals surface area contributed by atoms with Crippen molar-refractivity contribution >= 4 is 11.1 Å². The number of rotatable bonds is 4. The van der Waals surface area contributed by atoms with E-state index in [-0.39, 0.29) is 29.6 Å². The van der Waals surface area contributed by atoms with Crippen LogP contribution in [0.5, 0.6) is 0 Å². The highest BCUT2D eigenvalue weighted by Crippen LogP contribution is 2.37. The Morgan fingerprint density at radius 2 is 2.00 bits per heavy atom. The van der Waals surface area contributed by atoms with Crippen LogP contribution < -0.4 is 5.32 Å². The molecule has 1 aromatic heterocycles. The van der Waals surface area contributed by atoms with E-state index in [0.29, 0.717) is 11.5 Å². The third kappa shape index (κ3) is 3.98. The van der Waals surface area contributed by atoms with E-state index in [1.165, 1.54) is 0 Å². The van der Waals surface area contributed by atoms with E-state index < -0.39 is 17.8 Å². The van der Waals surface area contributed by atoms with Crippen LogP contribution in [0.25, 0.3) is 11.1 Å². The first kappa shape index (κ1) is 18.2. The molecule has 1 fully saturated rings. The molecule has 2 atom stereocenters. The van der Waals surface area contributed by atoms with Crippen molar-refractivity contribution < 1.29 is 22.7 Å². The monoisotopic (exact) mass is 356 g/mol. The fourth-order valence-corrected chi connectivity index (χ4v) is 3.27. The van der Waals surface area contributed by atoms with Gasteiger partial charge >= 0.3 is 6.18 Å². The summed E-state index contributed by atoms with van der Waals surface area (Å²) in [6.45, 7) is 3.90. The van der Waals surface area contributed by atoms with Gasteiger partial charge in [-0.3, -0.25) is 0 Å². The number of oxazole rings is 1. The number of hydrogen-bond donors (Lipinski definition) is 2. The zero-order valence-electron chi connectivity index (χ0n) is 14.4. The highest BCUT2D eigenvalue weighted by Gasteiger charge is 2.35. The van der Waals surface area contributed by atoms with Crippen LogP contribution in [0.3, 0.4) is 0 Å². The fourth-order valence-electron chi connectivity index (χ4n) is 3.27. The molecule has 3 rings (SSSR count). The molecule has 0 spiro atoms. The lowest BCUT2D eigenvalue weighted by Gasteiger charge is -2.28. The third-order valence-electron chi connectivity index (χ3n) is 4.66. The number of alkyl halides is 3. The summed E-state index contributed by atoms with van der Waals surface area (Å²) in [7, 11) is 0. The second-order valence-electron chi connectivity index (χ2n) is 7.04. The minimum atomic E-state index is -4.51. The minimum absolute atomic E-state index is 0.0812. The molecule has 0 radical (unpaired) electrons. The Balaban J connectivity index is 1.90. The Kier molecular flexibility index (Phi) is 5.06. The standard InChI is InChI=1S/C18H23F3N2O2/c1-10(2)17-23-14-8-11(7-12(16(14)25-17)18(19,20)21)9-22-13-5-3-4-6-15(13)24/h7-8,10,13,15,22,24H,3-6,9H2,1-2H3/t13-,15+/m0/s1. The average Bonchev–Trinajstić information content (AvgIpc) is 2.96. The van der Waals surface area contributed by atoms with E-state index in [0.717, 1.165) is 31.7 Å². The number of fused-ring (bicyclic) bond motifs is 1. The first-order valence-corrected chi connectivity index (χ1v) is 8.67. The maximum atomic E-state index is 13.4. The SMILES string of the molecule is CC(C)c1nc2cc(CN[C@H]3CCCC[C@H]3O)cc(C(F)(F)F)c2o1. The number of aromatic nitrogens is 1. The molecule has 0 bridgehead atoms. The molecule has 0 saturated heterocycles. The Morgan fingerprint density at radius 3 is 2.64 bits per heavy atom. The number of halogens is 3. The predicted octanol–water partition coefficient (Wildman–Crippen LogP) is 4.36. The van der Waals surface area contributed by atoms with Crippen LogP contribution in [-0.2, 0) is 12.7 Å². The van der Waals surface area contributed by atoms with Gasteiger partial charge in [-0.25, -0.2) is 4.98 Å². The number of nitrogens with zero attached hydrogens (tertiary/aromatic N) is 1. The van der Waals surface area contributed by atoms with Gasteiger partial charge in [-0.2, -0.15) is 13.2 Å². The topological polar surface area (TPSA) is 58.3 Å². The van der Waals surface area contributed by atoms with Crippen molar-refractivity contribution in [3.05, 3.63) is 29.2 Å². The summed E-state index contributed by atoms with van der Waals surface area (Å²) in [4.78, 5) is 4.21. The van der Waals surface area contributed by atoms with E-state index in [1.54, 1.807) is 6.07 Å². The zero-order valence-corrected chi connectivity index (χ0v) is 14.4. The smallest absolute Gasteiger partial charge is 0.420 e. The van der Waals surface area contributed by atoms with E-state index in [9.17, 15) is 18.3 Å². The molecular formula is C18H23F3N2O2. The van der Waals surface area contributed by atoms with Crippen molar-refractivity contribution in [3.8, 4) is 0 Å². The van der Waals surface area contributed by atoms with Gasteiger partial charge in [-0.1, -0.05) is 26.7 Å². The Labute approximate surface area is 144 Å². The van der Waals surface area contributed by atoms with E-state index in [4.69, 9.17) is 4.42 Å². The van der Waals surface area contributed by atoms with E-state index >= 15 is 0 Å². The highest BCUT2D eigenvalue weighted by atomic mass is 19.4. The number of aliphatic hydroxyl groups is 1. The molecule has 25 heavy (non-hydrogen) atoms. The van der Waals surface area contributed by atoms with Crippen molar-refractivity contribution in [1.29, 1.82) is 0 Å². The summed E-state index contributed by atoms with van der Waals surface area (Å²) in [5.74, 6) is 0.209. The molecular weight excluding hydrogens is 333 g/mol. The summed E-state index contributed by atoms with van der Waals surface area (Å²) < 4.78 is 45.6. The molecule has 4 nitrogen and oxygen atoms in total. The molecule has 0 aliphatic heterocycles. The lowest BCUT2D eigenvalue weighted by atomic mass is 9.92. The van der Waals surface area contributed by atoms with Gasteiger partial charge in [-0.15, -0.1) is 0 Å². The molecule has 1 aliphatic rings. The predicted molar refractivity (Wildman–Crippen MR) is 88.2 cm³/mol. The van der Waals surface area contributed by atoms with Gasteiger partial charge in [0, 0.05) is 18.5 Å². The van der Waals surface area contributed by atoms with Gasteiger partial charge < -0.3 is 14.8 Å². The summed E-state index contributed by atoms with van der Waals surface area (Å²) in [5.41, 5.74) is -0.302. The molecule has 0 unspecified atom stereocenters. The molecule has 7 heteroatoms.